The first-order chi connectivity index (χ1) is 8.43. The molecule has 0 saturated heterocycles. The standard InChI is InChI=1S/C13H14N2OS/c1-2-4-13-11(3-1)12(5-6-17-13)15-8-10-7-14-9-16-10/h1-4,7,9,12,15H,5-6,8H2. The van der Waals surface area contributed by atoms with Gasteiger partial charge in [-0.25, -0.2) is 4.98 Å². The Balaban J connectivity index is 1.72. The number of fused-ring (bicyclic) bond motifs is 1. The van der Waals surface area contributed by atoms with Gasteiger partial charge in [0.1, 0.15) is 5.76 Å². The molecule has 88 valence electrons. The maximum absolute atomic E-state index is 5.23. The van der Waals surface area contributed by atoms with Crippen LogP contribution in [0.1, 0.15) is 23.8 Å². The van der Waals surface area contributed by atoms with Crippen molar-refractivity contribution in [3.05, 3.63) is 48.2 Å². The molecule has 2 aromatic rings. The molecule has 1 aliphatic heterocycles. The molecule has 1 aliphatic rings. The lowest BCUT2D eigenvalue weighted by Gasteiger charge is -2.25. The van der Waals surface area contributed by atoms with Crippen LogP contribution in [0.2, 0.25) is 0 Å². The van der Waals surface area contributed by atoms with Crippen molar-refractivity contribution in [2.45, 2.75) is 23.9 Å². The molecule has 0 radical (unpaired) electrons. The van der Waals surface area contributed by atoms with Crippen LogP contribution in [0.25, 0.3) is 0 Å². The lowest BCUT2D eigenvalue weighted by atomic mass is 10.0. The molecule has 0 amide bonds. The molecule has 0 saturated carbocycles. The van der Waals surface area contributed by atoms with E-state index in [9.17, 15) is 0 Å². The van der Waals surface area contributed by atoms with Gasteiger partial charge in [0, 0.05) is 10.9 Å². The number of nitrogens with one attached hydrogen (secondary N) is 1. The van der Waals surface area contributed by atoms with Gasteiger partial charge in [0.15, 0.2) is 6.39 Å². The van der Waals surface area contributed by atoms with Gasteiger partial charge < -0.3 is 9.73 Å². The van der Waals surface area contributed by atoms with Crippen molar-refractivity contribution < 1.29 is 4.42 Å². The van der Waals surface area contributed by atoms with Crippen LogP contribution in [-0.2, 0) is 6.54 Å². The molecule has 17 heavy (non-hydrogen) atoms. The minimum atomic E-state index is 0.428. The van der Waals surface area contributed by atoms with E-state index in [1.807, 2.05) is 11.8 Å². The molecule has 0 aliphatic carbocycles. The van der Waals surface area contributed by atoms with E-state index in [2.05, 4.69) is 34.6 Å². The predicted molar refractivity (Wildman–Crippen MR) is 67.9 cm³/mol. The number of nitrogens with zero attached hydrogens (tertiary/aromatic N) is 1. The zero-order valence-electron chi connectivity index (χ0n) is 9.43. The summed E-state index contributed by atoms with van der Waals surface area (Å²) >= 11 is 1.94. The van der Waals surface area contributed by atoms with E-state index in [1.165, 1.54) is 22.6 Å². The van der Waals surface area contributed by atoms with Gasteiger partial charge in [0.2, 0.25) is 0 Å². The highest BCUT2D eigenvalue weighted by molar-refractivity contribution is 7.99. The molecule has 1 N–H and O–H groups in total. The van der Waals surface area contributed by atoms with Crippen molar-refractivity contribution in [3.63, 3.8) is 0 Å². The van der Waals surface area contributed by atoms with Gasteiger partial charge in [-0.05, 0) is 23.8 Å². The molecule has 4 heteroatoms. The Hall–Kier alpha value is -1.26. The molecule has 1 atom stereocenters. The first-order valence-corrected chi connectivity index (χ1v) is 6.74. The van der Waals surface area contributed by atoms with E-state index in [0.29, 0.717) is 6.04 Å². The van der Waals surface area contributed by atoms with Crippen LogP contribution in [0.5, 0.6) is 0 Å². The van der Waals surface area contributed by atoms with Gasteiger partial charge in [-0.2, -0.15) is 0 Å². The summed E-state index contributed by atoms with van der Waals surface area (Å²) in [6.07, 6.45) is 4.40. The highest BCUT2D eigenvalue weighted by atomic mass is 32.2. The fourth-order valence-corrected chi connectivity index (χ4v) is 3.23. The monoisotopic (exact) mass is 246 g/mol. The van der Waals surface area contributed by atoms with E-state index in [-0.39, 0.29) is 0 Å². The molecule has 1 aromatic heterocycles. The molecule has 0 fully saturated rings. The Kier molecular flexibility index (Phi) is 3.16. The van der Waals surface area contributed by atoms with Crippen LogP contribution in [-0.4, -0.2) is 10.7 Å². The molecule has 3 nitrogen and oxygen atoms in total. The van der Waals surface area contributed by atoms with Crippen molar-refractivity contribution >= 4 is 11.8 Å². The third-order valence-corrected chi connectivity index (χ3v) is 4.09. The summed E-state index contributed by atoms with van der Waals surface area (Å²) in [6, 6.07) is 9.04. The largest absolute Gasteiger partial charge is 0.447 e. The molecule has 2 heterocycles. The Morgan fingerprint density at radius 1 is 1.41 bits per heavy atom. The van der Waals surface area contributed by atoms with Gasteiger partial charge >= 0.3 is 0 Å². The maximum atomic E-state index is 5.23. The Morgan fingerprint density at radius 2 is 2.35 bits per heavy atom. The van der Waals surface area contributed by atoms with E-state index in [4.69, 9.17) is 4.42 Å². The Morgan fingerprint density at radius 3 is 3.24 bits per heavy atom. The first-order valence-electron chi connectivity index (χ1n) is 5.76. The number of rotatable bonds is 3. The molecule has 0 spiro atoms. The zero-order valence-corrected chi connectivity index (χ0v) is 10.2. The normalized spacial score (nSPS) is 18.9. The Bertz CT molecular complexity index is 484. The lowest BCUT2D eigenvalue weighted by Crippen LogP contribution is -2.23. The molecular formula is C13H14N2OS. The maximum Gasteiger partial charge on any atom is 0.180 e. The summed E-state index contributed by atoms with van der Waals surface area (Å²) in [6.45, 7) is 0.740. The number of hydrogen-bond donors (Lipinski definition) is 1. The number of aromatic nitrogens is 1. The molecule has 1 unspecified atom stereocenters. The highest BCUT2D eigenvalue weighted by Crippen LogP contribution is 2.35. The Labute approximate surface area is 105 Å². The number of oxazole rings is 1. The van der Waals surface area contributed by atoms with Gasteiger partial charge in [-0.1, -0.05) is 18.2 Å². The smallest absolute Gasteiger partial charge is 0.180 e. The van der Waals surface area contributed by atoms with Crippen molar-refractivity contribution in [1.82, 2.24) is 10.3 Å². The minimum absolute atomic E-state index is 0.428. The number of benzene rings is 1. The summed E-state index contributed by atoms with van der Waals surface area (Å²) in [4.78, 5) is 5.32. The summed E-state index contributed by atoms with van der Waals surface area (Å²) in [5.41, 5.74) is 1.41. The van der Waals surface area contributed by atoms with Crippen molar-refractivity contribution in [1.29, 1.82) is 0 Å². The molecular weight excluding hydrogens is 232 g/mol. The second-order valence-corrected chi connectivity index (χ2v) is 5.21. The molecule has 0 bridgehead atoms. The van der Waals surface area contributed by atoms with Crippen LogP contribution < -0.4 is 5.32 Å². The van der Waals surface area contributed by atoms with Crippen LogP contribution in [0.4, 0.5) is 0 Å². The summed E-state index contributed by atoms with van der Waals surface area (Å²) in [7, 11) is 0. The average molecular weight is 246 g/mol. The molecule has 1 aromatic carbocycles. The van der Waals surface area contributed by atoms with Crippen molar-refractivity contribution in [2.24, 2.45) is 0 Å². The predicted octanol–water partition coefficient (Wildman–Crippen LogP) is 3.00. The second-order valence-electron chi connectivity index (χ2n) is 4.08. The fourth-order valence-electron chi connectivity index (χ4n) is 2.11. The van der Waals surface area contributed by atoms with Crippen LogP contribution in [0, 0.1) is 0 Å². The van der Waals surface area contributed by atoms with Gasteiger partial charge in [0.05, 0.1) is 12.7 Å². The zero-order chi connectivity index (χ0) is 11.5. The minimum Gasteiger partial charge on any atom is -0.447 e. The first kappa shape index (κ1) is 10.9. The topological polar surface area (TPSA) is 38.1 Å². The molecule has 3 rings (SSSR count). The van der Waals surface area contributed by atoms with Crippen molar-refractivity contribution in [2.75, 3.05) is 5.75 Å². The lowest BCUT2D eigenvalue weighted by molar-refractivity contribution is 0.438. The van der Waals surface area contributed by atoms with E-state index in [0.717, 1.165) is 18.7 Å². The summed E-state index contributed by atoms with van der Waals surface area (Å²) < 4.78 is 5.23. The fraction of sp³-hybridized carbons (Fsp3) is 0.308. The van der Waals surface area contributed by atoms with E-state index in [1.54, 1.807) is 6.20 Å². The van der Waals surface area contributed by atoms with Crippen LogP contribution in [0.3, 0.4) is 0 Å². The van der Waals surface area contributed by atoms with E-state index < -0.39 is 0 Å². The third-order valence-electron chi connectivity index (χ3n) is 2.96. The highest BCUT2D eigenvalue weighted by Gasteiger charge is 2.19. The van der Waals surface area contributed by atoms with Crippen LogP contribution >= 0.6 is 11.8 Å². The van der Waals surface area contributed by atoms with Gasteiger partial charge in [-0.3, -0.25) is 0 Å². The quantitative estimate of drug-likeness (QED) is 0.903. The van der Waals surface area contributed by atoms with Crippen molar-refractivity contribution in [3.8, 4) is 0 Å². The average Bonchev–Trinajstić information content (AvgIpc) is 2.89. The van der Waals surface area contributed by atoms with Gasteiger partial charge in [0.25, 0.3) is 0 Å². The third kappa shape index (κ3) is 2.37. The van der Waals surface area contributed by atoms with Crippen LogP contribution in [0.15, 0.2) is 46.2 Å². The SMILES string of the molecule is c1ccc2c(c1)SCCC2NCc1cnco1. The van der Waals surface area contributed by atoms with Gasteiger partial charge in [-0.15, -0.1) is 11.8 Å². The number of thioether (sulfide) groups is 1. The summed E-state index contributed by atoms with van der Waals surface area (Å²) in [5, 5.41) is 3.53. The number of hydrogen-bond acceptors (Lipinski definition) is 4. The summed E-state index contributed by atoms with van der Waals surface area (Å²) in [5.74, 6) is 2.06. The second kappa shape index (κ2) is 4.94. The van der Waals surface area contributed by atoms with E-state index >= 15 is 0 Å².